The number of hydrogen-bond donors (Lipinski definition) is 1. The molecule has 2 heterocycles. The smallest absolute Gasteiger partial charge is 0.149 e. The van der Waals surface area contributed by atoms with Gasteiger partial charge in [-0.3, -0.25) is 0 Å². The van der Waals surface area contributed by atoms with E-state index in [1.165, 1.54) is 6.07 Å². The van der Waals surface area contributed by atoms with Crippen LogP contribution >= 0.6 is 27.7 Å². The summed E-state index contributed by atoms with van der Waals surface area (Å²) >= 11 is 5.07. The van der Waals surface area contributed by atoms with Gasteiger partial charge in [-0.15, -0.1) is 0 Å². The number of benzene rings is 1. The number of thioether (sulfide) groups is 1. The quantitative estimate of drug-likeness (QED) is 0.761. The van der Waals surface area contributed by atoms with Crippen LogP contribution in [-0.4, -0.2) is 29.8 Å². The molecule has 21 heavy (non-hydrogen) atoms. The van der Waals surface area contributed by atoms with Crippen LogP contribution < -0.4 is 5.32 Å². The summed E-state index contributed by atoms with van der Waals surface area (Å²) in [4.78, 5) is 0. The fraction of sp³-hybridized carbons (Fsp3) is 0.600. The molecule has 1 unspecified atom stereocenters. The van der Waals surface area contributed by atoms with Gasteiger partial charge in [0.05, 0.1) is 15.8 Å². The third-order valence-electron chi connectivity index (χ3n) is 4.27. The van der Waals surface area contributed by atoms with Crippen molar-refractivity contribution in [1.29, 1.82) is 0 Å². The molecule has 0 radical (unpaired) electrons. The molecule has 2 saturated heterocycles. The minimum Gasteiger partial charge on any atom is -0.380 e. The largest absolute Gasteiger partial charge is 0.380 e. The molecule has 0 saturated carbocycles. The van der Waals surface area contributed by atoms with Crippen molar-refractivity contribution in [3.63, 3.8) is 0 Å². The van der Waals surface area contributed by atoms with Crippen LogP contribution in [-0.2, 0) is 4.74 Å². The Hall–Kier alpha value is -0.330. The van der Waals surface area contributed by atoms with Gasteiger partial charge in [-0.2, -0.15) is 11.8 Å². The molecule has 0 aliphatic carbocycles. The van der Waals surface area contributed by atoms with Gasteiger partial charge in [-0.05, 0) is 59.2 Å². The molecule has 0 amide bonds. The Kier molecular flexibility index (Phi) is 4.76. The van der Waals surface area contributed by atoms with Crippen LogP contribution in [0.25, 0.3) is 0 Å². The van der Waals surface area contributed by atoms with E-state index in [1.807, 2.05) is 11.8 Å². The molecular formula is C15H18BrF2NOS. The molecule has 116 valence electrons. The first kappa shape index (κ1) is 15.6. The number of ether oxygens (including phenoxy) is 1. The van der Waals surface area contributed by atoms with Gasteiger partial charge < -0.3 is 10.1 Å². The predicted molar refractivity (Wildman–Crippen MR) is 85.9 cm³/mol. The van der Waals surface area contributed by atoms with E-state index in [0.29, 0.717) is 12.3 Å². The predicted octanol–water partition coefficient (Wildman–Crippen LogP) is 4.58. The Morgan fingerprint density at radius 3 is 2.76 bits per heavy atom. The number of halogens is 3. The highest BCUT2D eigenvalue weighted by molar-refractivity contribution is 9.10. The minimum atomic E-state index is -0.578. The lowest BCUT2D eigenvalue weighted by molar-refractivity contribution is -0.0866. The number of rotatable bonds is 2. The van der Waals surface area contributed by atoms with Crippen LogP contribution in [0, 0.1) is 11.6 Å². The van der Waals surface area contributed by atoms with Gasteiger partial charge in [0, 0.05) is 18.7 Å². The zero-order chi connectivity index (χ0) is 14.9. The third kappa shape index (κ3) is 3.54. The van der Waals surface area contributed by atoms with E-state index in [1.54, 1.807) is 0 Å². The Labute approximate surface area is 136 Å². The molecule has 2 fully saturated rings. The molecular weight excluding hydrogens is 360 g/mol. The van der Waals surface area contributed by atoms with Gasteiger partial charge in [0.2, 0.25) is 0 Å². The van der Waals surface area contributed by atoms with E-state index in [9.17, 15) is 8.78 Å². The molecule has 1 atom stereocenters. The van der Waals surface area contributed by atoms with E-state index in [-0.39, 0.29) is 16.1 Å². The molecule has 2 nitrogen and oxygen atoms in total. The first-order valence-corrected chi connectivity index (χ1v) is 9.16. The maximum absolute atomic E-state index is 13.9. The van der Waals surface area contributed by atoms with Gasteiger partial charge in [0.15, 0.2) is 0 Å². The summed E-state index contributed by atoms with van der Waals surface area (Å²) in [5.41, 5.74) is 0.310. The highest BCUT2D eigenvalue weighted by atomic mass is 79.9. The van der Waals surface area contributed by atoms with E-state index >= 15 is 0 Å². The lowest BCUT2D eigenvalue weighted by Gasteiger charge is -2.43. The Bertz CT molecular complexity index is 517. The SMILES string of the molecule is Fc1cc(F)c(NC2CCOC3(CCSCC3)C2)cc1Br. The molecule has 3 rings (SSSR count). The maximum Gasteiger partial charge on any atom is 0.149 e. The fourth-order valence-corrected chi connectivity index (χ4v) is 4.68. The lowest BCUT2D eigenvalue weighted by Crippen LogP contribution is -2.46. The van der Waals surface area contributed by atoms with Gasteiger partial charge in [0.25, 0.3) is 0 Å². The second-order valence-corrected chi connectivity index (χ2v) is 7.80. The topological polar surface area (TPSA) is 21.3 Å². The zero-order valence-electron chi connectivity index (χ0n) is 11.6. The summed E-state index contributed by atoms with van der Waals surface area (Å²) in [5.74, 6) is 1.13. The lowest BCUT2D eigenvalue weighted by atomic mass is 9.85. The van der Waals surface area contributed by atoms with Crippen molar-refractivity contribution in [2.24, 2.45) is 0 Å². The third-order valence-corrected chi connectivity index (χ3v) is 5.86. The van der Waals surface area contributed by atoms with Crippen LogP contribution in [0.3, 0.4) is 0 Å². The van der Waals surface area contributed by atoms with Crippen LogP contribution in [0.15, 0.2) is 16.6 Å². The molecule has 0 bridgehead atoms. The standard InChI is InChI=1S/C15H18BrF2NOS/c16-11-7-14(13(18)8-12(11)17)19-10-1-4-20-15(9-10)2-5-21-6-3-15/h7-8,10,19H,1-6,9H2. The van der Waals surface area contributed by atoms with Crippen molar-refractivity contribution in [1.82, 2.24) is 0 Å². The fourth-order valence-electron chi connectivity index (χ4n) is 3.10. The Balaban J connectivity index is 1.71. The van der Waals surface area contributed by atoms with Crippen molar-refractivity contribution < 1.29 is 13.5 Å². The molecule has 1 N–H and O–H groups in total. The Morgan fingerprint density at radius 2 is 2.00 bits per heavy atom. The van der Waals surface area contributed by atoms with Crippen molar-refractivity contribution in [3.05, 3.63) is 28.2 Å². The average molecular weight is 378 g/mol. The van der Waals surface area contributed by atoms with Crippen molar-refractivity contribution >= 4 is 33.4 Å². The summed E-state index contributed by atoms with van der Waals surface area (Å²) in [7, 11) is 0. The highest BCUT2D eigenvalue weighted by Gasteiger charge is 2.38. The number of anilines is 1. The van der Waals surface area contributed by atoms with Gasteiger partial charge in [-0.1, -0.05) is 0 Å². The average Bonchev–Trinajstić information content (AvgIpc) is 2.46. The normalized spacial score (nSPS) is 25.0. The highest BCUT2D eigenvalue weighted by Crippen LogP contribution is 2.38. The second-order valence-electron chi connectivity index (χ2n) is 5.72. The number of hydrogen-bond acceptors (Lipinski definition) is 3. The van der Waals surface area contributed by atoms with E-state index < -0.39 is 11.6 Å². The molecule has 1 aromatic carbocycles. The van der Waals surface area contributed by atoms with E-state index in [2.05, 4.69) is 21.2 Å². The summed E-state index contributed by atoms with van der Waals surface area (Å²) in [6.45, 7) is 0.701. The molecule has 2 aliphatic heterocycles. The Morgan fingerprint density at radius 1 is 1.24 bits per heavy atom. The van der Waals surface area contributed by atoms with Crippen LogP contribution in [0.4, 0.5) is 14.5 Å². The number of nitrogens with one attached hydrogen (secondary N) is 1. The summed E-state index contributed by atoms with van der Waals surface area (Å²) in [6, 6.07) is 2.57. The van der Waals surface area contributed by atoms with Crippen LogP contribution in [0.1, 0.15) is 25.7 Å². The van der Waals surface area contributed by atoms with E-state index in [0.717, 1.165) is 43.3 Å². The summed E-state index contributed by atoms with van der Waals surface area (Å²) in [5, 5.41) is 3.23. The minimum absolute atomic E-state index is 0.0467. The first-order valence-electron chi connectivity index (χ1n) is 7.21. The van der Waals surface area contributed by atoms with Gasteiger partial charge >= 0.3 is 0 Å². The molecule has 1 aromatic rings. The molecule has 2 aliphatic rings. The van der Waals surface area contributed by atoms with Crippen molar-refractivity contribution in [2.45, 2.75) is 37.3 Å². The molecule has 1 spiro atoms. The van der Waals surface area contributed by atoms with Gasteiger partial charge in [-0.25, -0.2) is 8.78 Å². The zero-order valence-corrected chi connectivity index (χ0v) is 14.0. The van der Waals surface area contributed by atoms with Crippen molar-refractivity contribution in [2.75, 3.05) is 23.4 Å². The van der Waals surface area contributed by atoms with Crippen LogP contribution in [0.2, 0.25) is 0 Å². The first-order chi connectivity index (χ1) is 10.1. The summed E-state index contributed by atoms with van der Waals surface area (Å²) < 4.78 is 33.5. The summed E-state index contributed by atoms with van der Waals surface area (Å²) in [6.07, 6.45) is 3.86. The van der Waals surface area contributed by atoms with E-state index in [4.69, 9.17) is 4.74 Å². The molecule has 6 heteroatoms. The van der Waals surface area contributed by atoms with Crippen molar-refractivity contribution in [3.8, 4) is 0 Å². The monoisotopic (exact) mass is 377 g/mol. The molecule has 0 aromatic heterocycles. The van der Waals surface area contributed by atoms with Gasteiger partial charge in [0.1, 0.15) is 11.6 Å². The van der Waals surface area contributed by atoms with Crippen LogP contribution in [0.5, 0.6) is 0 Å². The second kappa shape index (κ2) is 6.42. The maximum atomic E-state index is 13.9.